The summed E-state index contributed by atoms with van der Waals surface area (Å²) in [6, 6.07) is 7.22. The van der Waals surface area contributed by atoms with E-state index in [9.17, 15) is 5.11 Å². The summed E-state index contributed by atoms with van der Waals surface area (Å²) in [6.07, 6.45) is -0.734. The molecule has 1 N–H and O–H groups in total. The molecule has 0 radical (unpaired) electrons. The van der Waals surface area contributed by atoms with Crippen LogP contribution in [0.15, 0.2) is 28.7 Å². The highest BCUT2D eigenvalue weighted by atomic mass is 79.9. The molecule has 0 bridgehead atoms. The van der Waals surface area contributed by atoms with Crippen LogP contribution in [0, 0.1) is 0 Å². The molecule has 0 amide bonds. The minimum absolute atomic E-state index is 0.523. The number of halogens is 2. The van der Waals surface area contributed by atoms with E-state index in [1.807, 2.05) is 12.1 Å². The van der Waals surface area contributed by atoms with Gasteiger partial charge < -0.3 is 14.6 Å². The molecule has 3 nitrogen and oxygen atoms in total. The molecule has 0 saturated heterocycles. The number of benzene rings is 1. The Labute approximate surface area is 127 Å². The van der Waals surface area contributed by atoms with E-state index in [4.69, 9.17) is 21.1 Å². The van der Waals surface area contributed by atoms with Crippen LogP contribution in [-0.4, -0.2) is 18.3 Å². The fraction of sp³-hybridized carbons (Fsp3) is 0.231. The highest BCUT2D eigenvalue weighted by molar-refractivity contribution is 9.10. The molecule has 19 heavy (non-hydrogen) atoms. The standard InChI is InChI=1S/C13H10BrClO3S/c14-8-6-10-9(17-3-4-18-10)5-7(8)13(16)11-1-2-12(15)19-11/h1-2,5-6,13,16H,3-4H2. The fourth-order valence-corrected chi connectivity index (χ4v) is 3.52. The van der Waals surface area contributed by atoms with E-state index in [0.717, 1.165) is 14.9 Å². The molecule has 2 aromatic rings. The maximum absolute atomic E-state index is 10.4. The first-order chi connectivity index (χ1) is 9.15. The number of hydrogen-bond acceptors (Lipinski definition) is 4. The molecule has 3 rings (SSSR count). The molecular weight excluding hydrogens is 352 g/mol. The molecule has 0 saturated carbocycles. The van der Waals surface area contributed by atoms with Crippen LogP contribution in [0.25, 0.3) is 0 Å². The van der Waals surface area contributed by atoms with Crippen molar-refractivity contribution in [1.82, 2.24) is 0 Å². The number of fused-ring (bicyclic) bond motifs is 1. The lowest BCUT2D eigenvalue weighted by molar-refractivity contribution is 0.169. The SMILES string of the molecule is OC(c1ccc(Cl)s1)c1cc2c(cc1Br)OCCO2. The zero-order chi connectivity index (χ0) is 13.4. The van der Waals surface area contributed by atoms with E-state index in [2.05, 4.69) is 15.9 Å². The molecule has 1 aromatic carbocycles. The monoisotopic (exact) mass is 360 g/mol. The van der Waals surface area contributed by atoms with Crippen molar-refractivity contribution in [1.29, 1.82) is 0 Å². The molecule has 1 aliphatic heterocycles. The molecule has 0 spiro atoms. The summed E-state index contributed by atoms with van der Waals surface area (Å²) in [4.78, 5) is 0.794. The van der Waals surface area contributed by atoms with Crippen molar-refractivity contribution in [3.63, 3.8) is 0 Å². The smallest absolute Gasteiger partial charge is 0.162 e. The van der Waals surface area contributed by atoms with Crippen molar-refractivity contribution in [3.8, 4) is 11.5 Å². The predicted octanol–water partition coefficient (Wildman–Crippen LogP) is 4.02. The van der Waals surface area contributed by atoms with E-state index < -0.39 is 6.10 Å². The molecule has 1 aliphatic rings. The van der Waals surface area contributed by atoms with Crippen molar-refractivity contribution >= 4 is 38.9 Å². The van der Waals surface area contributed by atoms with Crippen LogP contribution in [0.4, 0.5) is 0 Å². The summed E-state index contributed by atoms with van der Waals surface area (Å²) in [5, 5.41) is 10.4. The van der Waals surface area contributed by atoms with E-state index in [1.165, 1.54) is 11.3 Å². The quantitative estimate of drug-likeness (QED) is 0.878. The third kappa shape index (κ3) is 2.60. The van der Waals surface area contributed by atoms with Crippen LogP contribution >= 0.6 is 38.9 Å². The summed E-state index contributed by atoms with van der Waals surface area (Å²) in [7, 11) is 0. The minimum Gasteiger partial charge on any atom is -0.486 e. The molecular formula is C13H10BrClO3S. The van der Waals surface area contributed by atoms with Gasteiger partial charge in [0.15, 0.2) is 11.5 Å². The molecule has 100 valence electrons. The van der Waals surface area contributed by atoms with Crippen molar-refractivity contribution in [2.24, 2.45) is 0 Å². The molecule has 6 heteroatoms. The fourth-order valence-electron chi connectivity index (χ4n) is 1.92. The molecule has 1 unspecified atom stereocenters. The zero-order valence-electron chi connectivity index (χ0n) is 9.73. The lowest BCUT2D eigenvalue weighted by Gasteiger charge is -2.21. The number of aliphatic hydroxyl groups excluding tert-OH is 1. The van der Waals surface area contributed by atoms with Crippen molar-refractivity contribution < 1.29 is 14.6 Å². The topological polar surface area (TPSA) is 38.7 Å². The highest BCUT2D eigenvalue weighted by Crippen LogP contribution is 2.40. The molecule has 0 aliphatic carbocycles. The number of rotatable bonds is 2. The lowest BCUT2D eigenvalue weighted by Crippen LogP contribution is -2.16. The Morgan fingerprint density at radius 3 is 2.53 bits per heavy atom. The Bertz CT molecular complexity index is 614. The Morgan fingerprint density at radius 1 is 1.21 bits per heavy atom. The van der Waals surface area contributed by atoms with Crippen molar-refractivity contribution in [3.05, 3.63) is 43.5 Å². The van der Waals surface area contributed by atoms with Crippen molar-refractivity contribution in [2.75, 3.05) is 13.2 Å². The average molecular weight is 362 g/mol. The third-order valence-electron chi connectivity index (χ3n) is 2.82. The Kier molecular flexibility index (Phi) is 3.71. The normalized spacial score (nSPS) is 15.3. The van der Waals surface area contributed by atoms with Gasteiger partial charge in [0.05, 0.1) is 4.34 Å². The maximum atomic E-state index is 10.4. The van der Waals surface area contributed by atoms with E-state index in [-0.39, 0.29) is 0 Å². The van der Waals surface area contributed by atoms with Crippen molar-refractivity contribution in [2.45, 2.75) is 6.10 Å². The Balaban J connectivity index is 2.00. The highest BCUT2D eigenvalue weighted by Gasteiger charge is 2.21. The largest absolute Gasteiger partial charge is 0.486 e. The second-order valence-electron chi connectivity index (χ2n) is 4.06. The van der Waals surface area contributed by atoms with Gasteiger partial charge in [-0.1, -0.05) is 27.5 Å². The lowest BCUT2D eigenvalue weighted by atomic mass is 10.1. The summed E-state index contributed by atoms with van der Waals surface area (Å²) < 4.78 is 12.5. The minimum atomic E-state index is -0.734. The van der Waals surface area contributed by atoms with Crippen LogP contribution in [0.3, 0.4) is 0 Å². The van der Waals surface area contributed by atoms with Crippen LogP contribution in [-0.2, 0) is 0 Å². The van der Waals surface area contributed by atoms with Gasteiger partial charge in [-0.15, -0.1) is 11.3 Å². The van der Waals surface area contributed by atoms with Crippen LogP contribution in [0.5, 0.6) is 11.5 Å². The first-order valence-electron chi connectivity index (χ1n) is 5.67. The van der Waals surface area contributed by atoms with E-state index in [1.54, 1.807) is 12.1 Å². The van der Waals surface area contributed by atoms with Gasteiger partial charge in [-0.05, 0) is 24.3 Å². The maximum Gasteiger partial charge on any atom is 0.162 e. The van der Waals surface area contributed by atoms with Gasteiger partial charge in [0.1, 0.15) is 19.3 Å². The Hall–Kier alpha value is -0.750. The number of hydrogen-bond donors (Lipinski definition) is 1. The van der Waals surface area contributed by atoms with E-state index >= 15 is 0 Å². The summed E-state index contributed by atoms with van der Waals surface area (Å²) in [6.45, 7) is 1.07. The second-order valence-corrected chi connectivity index (χ2v) is 6.66. The third-order valence-corrected chi connectivity index (χ3v) is 4.79. The van der Waals surface area contributed by atoms with Crippen LogP contribution in [0.2, 0.25) is 4.34 Å². The zero-order valence-corrected chi connectivity index (χ0v) is 12.9. The molecule has 1 atom stereocenters. The average Bonchev–Trinajstić information content (AvgIpc) is 2.84. The summed E-state index contributed by atoms with van der Waals surface area (Å²) in [5.41, 5.74) is 0.739. The van der Waals surface area contributed by atoms with Gasteiger partial charge in [0.25, 0.3) is 0 Å². The number of thiophene rings is 1. The first-order valence-corrected chi connectivity index (χ1v) is 7.66. The van der Waals surface area contributed by atoms with Gasteiger partial charge in [0.2, 0.25) is 0 Å². The number of aliphatic hydroxyl groups is 1. The van der Waals surface area contributed by atoms with Crippen LogP contribution < -0.4 is 9.47 Å². The van der Waals surface area contributed by atoms with Gasteiger partial charge in [-0.25, -0.2) is 0 Å². The Morgan fingerprint density at radius 2 is 1.89 bits per heavy atom. The predicted molar refractivity (Wildman–Crippen MR) is 78.5 cm³/mol. The van der Waals surface area contributed by atoms with Gasteiger partial charge >= 0.3 is 0 Å². The molecule has 1 aromatic heterocycles. The summed E-state index contributed by atoms with van der Waals surface area (Å²) in [5.74, 6) is 1.35. The molecule has 0 fully saturated rings. The second kappa shape index (κ2) is 5.32. The van der Waals surface area contributed by atoms with E-state index in [0.29, 0.717) is 29.0 Å². The van der Waals surface area contributed by atoms with Gasteiger partial charge in [0, 0.05) is 14.9 Å². The first kappa shape index (κ1) is 13.2. The van der Waals surface area contributed by atoms with Gasteiger partial charge in [-0.2, -0.15) is 0 Å². The van der Waals surface area contributed by atoms with Crippen LogP contribution in [0.1, 0.15) is 16.5 Å². The number of ether oxygens (including phenoxy) is 2. The summed E-state index contributed by atoms with van der Waals surface area (Å²) >= 11 is 10.7. The van der Waals surface area contributed by atoms with Gasteiger partial charge in [-0.3, -0.25) is 0 Å². The molecule has 2 heterocycles.